The Morgan fingerprint density at radius 3 is 2.61 bits per heavy atom. The normalized spacial score (nSPS) is 19.9. The van der Waals surface area contributed by atoms with Crippen molar-refractivity contribution in [2.24, 2.45) is 5.41 Å². The molecule has 0 saturated carbocycles. The Kier molecular flexibility index (Phi) is 7.08. The van der Waals surface area contributed by atoms with Gasteiger partial charge in [-0.05, 0) is 57.7 Å². The van der Waals surface area contributed by atoms with Crippen LogP contribution in [0, 0.1) is 5.41 Å². The van der Waals surface area contributed by atoms with Crippen LogP contribution < -0.4 is 15.4 Å². The minimum absolute atomic E-state index is 0.0185. The average Bonchev–Trinajstić information content (AvgIpc) is 3.15. The molecular weight excluding hydrogens is 514 g/mol. The number of nitrogens with two attached hydrogens (primary N) is 1. The minimum atomic E-state index is -1.18. The number of aromatic nitrogens is 4. The van der Waals surface area contributed by atoms with Crippen molar-refractivity contribution in [3.63, 3.8) is 0 Å². The highest BCUT2D eigenvalue weighted by atomic mass is 35.5. The largest absolute Gasteiger partial charge is 0.598 e. The molecule has 3 N–H and O–H groups in total. The van der Waals surface area contributed by atoms with Crippen molar-refractivity contribution in [1.82, 2.24) is 24.7 Å². The van der Waals surface area contributed by atoms with E-state index < -0.39 is 11.4 Å². The lowest BCUT2D eigenvalue weighted by Crippen LogP contribution is -2.50. The van der Waals surface area contributed by atoms with Gasteiger partial charge in [-0.3, -0.25) is 4.98 Å². The molecule has 0 bridgehead atoms. The number of anilines is 2. The molecule has 1 aliphatic carbocycles. The molecule has 2 atom stereocenters. The first-order valence-electron chi connectivity index (χ1n) is 11.9. The molecule has 1 spiro atoms. The van der Waals surface area contributed by atoms with Crippen LogP contribution in [-0.4, -0.2) is 42.3 Å². The van der Waals surface area contributed by atoms with E-state index in [0.29, 0.717) is 10.8 Å². The molecule has 11 heteroatoms. The van der Waals surface area contributed by atoms with E-state index in [2.05, 4.69) is 30.6 Å². The number of nitrogen functional groups attached to an aromatic ring is 1. The van der Waals surface area contributed by atoms with Crippen LogP contribution in [0.5, 0.6) is 0 Å². The smallest absolute Gasteiger partial charge is 0.147 e. The number of hydrogen-bond donors (Lipinski definition) is 2. The summed E-state index contributed by atoms with van der Waals surface area (Å²) in [5.41, 5.74) is 8.08. The summed E-state index contributed by atoms with van der Waals surface area (Å²) in [5.74, 6) is 1.16. The Balaban J connectivity index is 1.29. The Labute approximate surface area is 224 Å². The summed E-state index contributed by atoms with van der Waals surface area (Å²) in [6.07, 6.45) is 9.89. The van der Waals surface area contributed by atoms with Gasteiger partial charge < -0.3 is 15.2 Å². The average molecular weight is 544 g/mol. The third kappa shape index (κ3) is 5.02. The quantitative estimate of drug-likeness (QED) is 0.445. The van der Waals surface area contributed by atoms with Crippen LogP contribution in [0.4, 0.5) is 11.6 Å². The van der Waals surface area contributed by atoms with E-state index in [9.17, 15) is 4.55 Å². The second-order valence-corrected chi connectivity index (χ2v) is 13.8. The second kappa shape index (κ2) is 9.98. The zero-order valence-electron chi connectivity index (χ0n) is 20.6. The Hall–Kier alpha value is -2.11. The zero-order valence-corrected chi connectivity index (χ0v) is 23.0. The lowest BCUT2D eigenvalue weighted by molar-refractivity contribution is 0.174. The van der Waals surface area contributed by atoms with Crippen LogP contribution in [0.2, 0.25) is 5.02 Å². The van der Waals surface area contributed by atoms with Gasteiger partial charge in [-0.1, -0.05) is 29.4 Å². The second-order valence-electron chi connectivity index (χ2n) is 10.3. The van der Waals surface area contributed by atoms with Gasteiger partial charge in [0.2, 0.25) is 0 Å². The van der Waals surface area contributed by atoms with Gasteiger partial charge in [-0.25, -0.2) is 15.0 Å². The van der Waals surface area contributed by atoms with E-state index >= 15 is 0 Å². The number of fused-ring (bicyclic) bond motifs is 1. The fraction of sp³-hybridized carbons (Fsp3) is 0.440. The Morgan fingerprint density at radius 2 is 1.92 bits per heavy atom. The molecule has 3 aromatic heterocycles. The van der Waals surface area contributed by atoms with Crippen LogP contribution in [0.25, 0.3) is 0 Å². The first-order valence-corrected chi connectivity index (χ1v) is 14.3. The van der Waals surface area contributed by atoms with Crippen molar-refractivity contribution < 1.29 is 4.55 Å². The third-order valence-electron chi connectivity index (χ3n) is 6.93. The highest BCUT2D eigenvalue weighted by molar-refractivity contribution is 7.99. The van der Waals surface area contributed by atoms with Crippen LogP contribution in [-0.2, 0) is 17.8 Å². The number of pyridine rings is 2. The van der Waals surface area contributed by atoms with Gasteiger partial charge in [-0.15, -0.1) is 4.72 Å². The van der Waals surface area contributed by atoms with Gasteiger partial charge in [-0.2, -0.15) is 0 Å². The van der Waals surface area contributed by atoms with Crippen LogP contribution in [0.1, 0.15) is 50.9 Å². The highest BCUT2D eigenvalue weighted by Gasteiger charge is 2.51. The number of rotatable bonds is 5. The molecule has 36 heavy (non-hydrogen) atoms. The van der Waals surface area contributed by atoms with E-state index in [4.69, 9.17) is 22.3 Å². The van der Waals surface area contributed by atoms with Crippen molar-refractivity contribution in [3.8, 4) is 0 Å². The molecule has 0 radical (unpaired) electrons. The predicted octanol–water partition coefficient (Wildman–Crippen LogP) is 4.59. The van der Waals surface area contributed by atoms with E-state index in [1.165, 1.54) is 17.3 Å². The first-order chi connectivity index (χ1) is 17.2. The summed E-state index contributed by atoms with van der Waals surface area (Å²) >= 11 is 6.50. The number of piperidine rings is 1. The molecule has 0 amide bonds. The van der Waals surface area contributed by atoms with Crippen LogP contribution in [0.3, 0.4) is 0 Å². The van der Waals surface area contributed by atoms with E-state index in [1.807, 2.05) is 45.3 Å². The molecule has 0 aromatic carbocycles. The summed E-state index contributed by atoms with van der Waals surface area (Å²) in [4.78, 5) is 21.1. The summed E-state index contributed by atoms with van der Waals surface area (Å²) in [6, 6.07) is 5.93. The minimum Gasteiger partial charge on any atom is -0.598 e. The monoisotopic (exact) mass is 543 g/mol. The van der Waals surface area contributed by atoms with Crippen molar-refractivity contribution in [3.05, 3.63) is 59.3 Å². The van der Waals surface area contributed by atoms with Crippen molar-refractivity contribution in [1.29, 1.82) is 0 Å². The maximum absolute atomic E-state index is 13.1. The molecular formula is C25H30ClN7OS2. The lowest BCUT2D eigenvalue weighted by Gasteiger charge is -2.43. The highest BCUT2D eigenvalue weighted by Crippen LogP contribution is 2.52. The number of halogens is 1. The SMILES string of the molecule is CC(C)(C)[S+]([O-])N[C@@H]1c2ncccc2CC12CCN(c1cnc(Sc3ccnc(N)c3Cl)cn1)CC2. The van der Waals surface area contributed by atoms with Crippen molar-refractivity contribution >= 4 is 46.4 Å². The summed E-state index contributed by atoms with van der Waals surface area (Å²) in [7, 11) is 0. The third-order valence-corrected chi connectivity index (χ3v) is 9.98. The summed E-state index contributed by atoms with van der Waals surface area (Å²) < 4.78 is 16.2. The summed E-state index contributed by atoms with van der Waals surface area (Å²) in [5, 5.41) is 1.17. The van der Waals surface area contributed by atoms with Gasteiger partial charge in [0, 0.05) is 47.2 Å². The molecule has 8 nitrogen and oxygen atoms in total. The first kappa shape index (κ1) is 25.5. The zero-order chi connectivity index (χ0) is 25.5. The van der Waals surface area contributed by atoms with E-state index in [0.717, 1.165) is 53.8 Å². The van der Waals surface area contributed by atoms with Crippen molar-refractivity contribution in [2.75, 3.05) is 23.7 Å². The molecule has 1 saturated heterocycles. The molecule has 1 aliphatic heterocycles. The molecule has 190 valence electrons. The van der Waals surface area contributed by atoms with Gasteiger partial charge in [0.25, 0.3) is 0 Å². The molecule has 1 fully saturated rings. The predicted molar refractivity (Wildman–Crippen MR) is 145 cm³/mol. The van der Waals surface area contributed by atoms with Crippen LogP contribution in [0.15, 0.2) is 52.9 Å². The Morgan fingerprint density at radius 1 is 1.14 bits per heavy atom. The maximum atomic E-state index is 13.1. The van der Waals surface area contributed by atoms with Gasteiger partial charge in [0.1, 0.15) is 27.5 Å². The number of nitrogens with one attached hydrogen (secondary N) is 1. The maximum Gasteiger partial charge on any atom is 0.147 e. The summed E-state index contributed by atoms with van der Waals surface area (Å²) in [6.45, 7) is 7.69. The molecule has 5 rings (SSSR count). The molecule has 1 unspecified atom stereocenters. The van der Waals surface area contributed by atoms with Gasteiger partial charge in [0.05, 0.1) is 23.1 Å². The Bertz CT molecular complexity index is 1230. The molecule has 3 aromatic rings. The number of nitrogens with zero attached hydrogens (tertiary/aromatic N) is 5. The fourth-order valence-electron chi connectivity index (χ4n) is 4.90. The van der Waals surface area contributed by atoms with Crippen molar-refractivity contribution in [2.45, 2.75) is 60.7 Å². The van der Waals surface area contributed by atoms with Crippen LogP contribution >= 0.6 is 23.4 Å². The molecule has 2 aliphatic rings. The number of hydrogen-bond acceptors (Lipinski definition) is 9. The standard InChI is InChI=1S/C25H30ClN7OS2/c1-24(2,3)36(34)32-22-21-16(5-4-9-28-21)13-25(22)7-11-33(12-8-25)18-14-31-19(15-30-18)35-17-6-10-29-23(27)20(17)26/h4-6,9-10,14-15,22,32H,7-8,11-13H2,1-3H3,(H2,27,29)/t22-,36?/m1/s1. The topological polar surface area (TPSA) is 116 Å². The van der Waals surface area contributed by atoms with E-state index in [1.54, 1.807) is 12.4 Å². The van der Waals surface area contributed by atoms with Gasteiger partial charge in [0.15, 0.2) is 0 Å². The lowest BCUT2D eigenvalue weighted by atomic mass is 9.73. The fourth-order valence-corrected chi connectivity index (χ4v) is 6.82. The van der Waals surface area contributed by atoms with E-state index in [-0.39, 0.29) is 16.2 Å². The molecule has 4 heterocycles. The van der Waals surface area contributed by atoms with Gasteiger partial charge >= 0.3 is 0 Å².